The molecular weight excluding hydrogens is 278 g/mol. The largest absolute Gasteiger partial charge is 0.338 e. The van der Waals surface area contributed by atoms with E-state index in [-0.39, 0.29) is 17.7 Å². The number of rotatable bonds is 6. The average molecular weight is 303 g/mol. The summed E-state index contributed by atoms with van der Waals surface area (Å²) in [6.07, 6.45) is 4.58. The SMILES string of the molecule is NCC1CCCN1C(=O)CCCS(=O)(=O)N1CCCC1. The maximum absolute atomic E-state index is 12.1. The van der Waals surface area contributed by atoms with Gasteiger partial charge in [0.25, 0.3) is 0 Å². The van der Waals surface area contributed by atoms with Gasteiger partial charge >= 0.3 is 0 Å². The predicted molar refractivity (Wildman–Crippen MR) is 77.6 cm³/mol. The monoisotopic (exact) mass is 303 g/mol. The second-order valence-corrected chi connectivity index (χ2v) is 7.73. The number of hydrogen-bond donors (Lipinski definition) is 1. The number of nitrogens with two attached hydrogens (primary N) is 1. The summed E-state index contributed by atoms with van der Waals surface area (Å²) in [7, 11) is -3.16. The summed E-state index contributed by atoms with van der Waals surface area (Å²) in [6, 6.07) is 0.151. The molecule has 1 unspecified atom stereocenters. The van der Waals surface area contributed by atoms with Crippen molar-refractivity contribution in [3.05, 3.63) is 0 Å². The van der Waals surface area contributed by atoms with Gasteiger partial charge in [-0.2, -0.15) is 0 Å². The molecule has 2 fully saturated rings. The molecule has 0 radical (unpaired) electrons. The molecule has 0 aliphatic carbocycles. The highest BCUT2D eigenvalue weighted by molar-refractivity contribution is 7.89. The molecule has 2 heterocycles. The van der Waals surface area contributed by atoms with Crippen molar-refractivity contribution in [3.63, 3.8) is 0 Å². The standard InChI is InChI=1S/C13H25N3O3S/c14-11-12-5-3-9-16(12)13(17)6-4-10-20(18,19)15-7-1-2-8-15/h12H,1-11,14H2. The highest BCUT2D eigenvalue weighted by atomic mass is 32.2. The highest BCUT2D eigenvalue weighted by Gasteiger charge is 2.28. The molecule has 0 spiro atoms. The van der Waals surface area contributed by atoms with Crippen LogP contribution >= 0.6 is 0 Å². The molecule has 2 saturated heterocycles. The Balaban J connectivity index is 1.76. The second kappa shape index (κ2) is 6.87. The van der Waals surface area contributed by atoms with Gasteiger partial charge in [-0.25, -0.2) is 12.7 Å². The van der Waals surface area contributed by atoms with E-state index in [0.717, 1.165) is 32.2 Å². The summed E-state index contributed by atoms with van der Waals surface area (Å²) in [5.41, 5.74) is 5.65. The van der Waals surface area contributed by atoms with Gasteiger partial charge in [0, 0.05) is 38.6 Å². The van der Waals surface area contributed by atoms with Crippen molar-refractivity contribution in [3.8, 4) is 0 Å². The quantitative estimate of drug-likeness (QED) is 0.756. The minimum atomic E-state index is -3.16. The van der Waals surface area contributed by atoms with E-state index in [1.807, 2.05) is 4.90 Å². The summed E-state index contributed by atoms with van der Waals surface area (Å²) in [6.45, 7) is 2.53. The van der Waals surface area contributed by atoms with Gasteiger partial charge in [-0.05, 0) is 32.1 Å². The van der Waals surface area contributed by atoms with Gasteiger partial charge < -0.3 is 10.6 Å². The number of amides is 1. The van der Waals surface area contributed by atoms with Crippen LogP contribution in [0.5, 0.6) is 0 Å². The van der Waals surface area contributed by atoms with Gasteiger partial charge in [0.2, 0.25) is 15.9 Å². The molecule has 0 saturated carbocycles. The molecule has 116 valence electrons. The topological polar surface area (TPSA) is 83.7 Å². The maximum Gasteiger partial charge on any atom is 0.222 e. The van der Waals surface area contributed by atoms with E-state index in [1.165, 1.54) is 0 Å². The third-order valence-corrected chi connectivity index (χ3v) is 6.18. The van der Waals surface area contributed by atoms with Crippen LogP contribution in [0.25, 0.3) is 0 Å². The highest BCUT2D eigenvalue weighted by Crippen LogP contribution is 2.19. The molecule has 0 aromatic carbocycles. The Labute approximate surface area is 121 Å². The van der Waals surface area contributed by atoms with Gasteiger partial charge in [-0.1, -0.05) is 0 Å². The molecule has 0 aromatic heterocycles. The van der Waals surface area contributed by atoms with Gasteiger partial charge in [0.1, 0.15) is 0 Å². The lowest BCUT2D eigenvalue weighted by Crippen LogP contribution is -2.40. The molecule has 7 heteroatoms. The Kier molecular flexibility index (Phi) is 5.40. The summed E-state index contributed by atoms with van der Waals surface area (Å²) in [5, 5.41) is 0. The van der Waals surface area contributed by atoms with E-state index in [9.17, 15) is 13.2 Å². The number of nitrogens with zero attached hydrogens (tertiary/aromatic N) is 2. The molecule has 2 N–H and O–H groups in total. The smallest absolute Gasteiger partial charge is 0.222 e. The number of likely N-dealkylation sites (tertiary alicyclic amines) is 1. The zero-order valence-electron chi connectivity index (χ0n) is 12.0. The lowest BCUT2D eigenvalue weighted by molar-refractivity contribution is -0.131. The van der Waals surface area contributed by atoms with E-state index in [2.05, 4.69) is 0 Å². The van der Waals surface area contributed by atoms with Crippen molar-refractivity contribution in [2.45, 2.75) is 44.6 Å². The van der Waals surface area contributed by atoms with Crippen LogP contribution in [-0.4, -0.2) is 61.5 Å². The molecule has 1 amide bonds. The lowest BCUT2D eigenvalue weighted by atomic mass is 10.2. The molecule has 1 atom stereocenters. The van der Waals surface area contributed by atoms with Gasteiger partial charge in [-0.15, -0.1) is 0 Å². The number of carbonyl (C=O) groups excluding carboxylic acids is 1. The Bertz CT molecular complexity index is 432. The van der Waals surface area contributed by atoms with Crippen LogP contribution in [0.3, 0.4) is 0 Å². The Morgan fingerprint density at radius 1 is 1.15 bits per heavy atom. The van der Waals surface area contributed by atoms with Crippen LogP contribution in [0.4, 0.5) is 0 Å². The number of sulfonamides is 1. The van der Waals surface area contributed by atoms with Crippen LogP contribution in [0.1, 0.15) is 38.5 Å². The summed E-state index contributed by atoms with van der Waals surface area (Å²) >= 11 is 0. The summed E-state index contributed by atoms with van der Waals surface area (Å²) < 4.78 is 25.6. The van der Waals surface area contributed by atoms with Gasteiger partial charge in [0.15, 0.2) is 0 Å². The molecule has 2 aliphatic rings. The van der Waals surface area contributed by atoms with Crippen LogP contribution in [0.15, 0.2) is 0 Å². The first kappa shape index (κ1) is 15.7. The molecule has 0 aromatic rings. The van der Waals surface area contributed by atoms with E-state index in [0.29, 0.717) is 32.5 Å². The molecule has 2 rings (SSSR count). The number of carbonyl (C=O) groups is 1. The molecule has 20 heavy (non-hydrogen) atoms. The fourth-order valence-corrected chi connectivity index (χ4v) is 4.64. The fourth-order valence-electron chi connectivity index (χ4n) is 3.05. The maximum atomic E-state index is 12.1. The third-order valence-electron chi connectivity index (χ3n) is 4.22. The van der Waals surface area contributed by atoms with Crippen molar-refractivity contribution in [2.24, 2.45) is 5.73 Å². The first-order valence-electron chi connectivity index (χ1n) is 7.52. The lowest BCUT2D eigenvalue weighted by Gasteiger charge is -2.23. The molecule has 0 bridgehead atoms. The second-order valence-electron chi connectivity index (χ2n) is 5.64. The van der Waals surface area contributed by atoms with Crippen molar-refractivity contribution >= 4 is 15.9 Å². The van der Waals surface area contributed by atoms with Crippen LogP contribution in [-0.2, 0) is 14.8 Å². The molecular formula is C13H25N3O3S. The van der Waals surface area contributed by atoms with Gasteiger partial charge in [0.05, 0.1) is 5.75 Å². The van der Waals surface area contributed by atoms with Crippen LogP contribution in [0.2, 0.25) is 0 Å². The van der Waals surface area contributed by atoms with E-state index >= 15 is 0 Å². The summed E-state index contributed by atoms with van der Waals surface area (Å²) in [5.74, 6) is 0.134. The zero-order chi connectivity index (χ0) is 14.6. The van der Waals surface area contributed by atoms with Crippen molar-refractivity contribution < 1.29 is 13.2 Å². The van der Waals surface area contributed by atoms with Crippen LogP contribution < -0.4 is 5.73 Å². The predicted octanol–water partition coefficient (Wildman–Crippen LogP) is 0.142. The normalized spacial score (nSPS) is 24.4. The van der Waals surface area contributed by atoms with Crippen molar-refractivity contribution in [2.75, 3.05) is 31.9 Å². The Morgan fingerprint density at radius 2 is 1.85 bits per heavy atom. The van der Waals surface area contributed by atoms with Crippen molar-refractivity contribution in [1.29, 1.82) is 0 Å². The van der Waals surface area contributed by atoms with Crippen LogP contribution in [0, 0.1) is 0 Å². The van der Waals surface area contributed by atoms with Crippen molar-refractivity contribution in [1.82, 2.24) is 9.21 Å². The minimum absolute atomic E-state index is 0.0505. The van der Waals surface area contributed by atoms with E-state index < -0.39 is 10.0 Å². The third kappa shape index (κ3) is 3.71. The number of hydrogen-bond acceptors (Lipinski definition) is 4. The Hall–Kier alpha value is -0.660. The molecule has 6 nitrogen and oxygen atoms in total. The minimum Gasteiger partial charge on any atom is -0.338 e. The summed E-state index contributed by atoms with van der Waals surface area (Å²) in [4.78, 5) is 13.9. The van der Waals surface area contributed by atoms with Gasteiger partial charge in [-0.3, -0.25) is 4.79 Å². The Morgan fingerprint density at radius 3 is 2.50 bits per heavy atom. The first-order valence-corrected chi connectivity index (χ1v) is 9.13. The van der Waals surface area contributed by atoms with E-state index in [4.69, 9.17) is 5.73 Å². The fraction of sp³-hybridized carbons (Fsp3) is 0.923. The first-order chi connectivity index (χ1) is 9.54. The average Bonchev–Trinajstić information content (AvgIpc) is 3.09. The zero-order valence-corrected chi connectivity index (χ0v) is 12.8. The molecule has 2 aliphatic heterocycles. The van der Waals surface area contributed by atoms with E-state index in [1.54, 1.807) is 4.31 Å².